The van der Waals surface area contributed by atoms with E-state index in [2.05, 4.69) is 38.2 Å². The molecule has 0 radical (unpaired) electrons. The zero-order chi connectivity index (χ0) is 14.9. The van der Waals surface area contributed by atoms with Gasteiger partial charge in [-0.05, 0) is 69.7 Å². The Balaban J connectivity index is 1.91. The van der Waals surface area contributed by atoms with E-state index in [0.717, 1.165) is 18.7 Å². The molecule has 2 aliphatic rings. The van der Waals surface area contributed by atoms with Crippen molar-refractivity contribution in [2.45, 2.75) is 77.4 Å². The van der Waals surface area contributed by atoms with Gasteiger partial charge in [0.05, 0.1) is 0 Å². The third-order valence-corrected chi connectivity index (χ3v) is 5.18. The van der Waals surface area contributed by atoms with Crippen LogP contribution in [-0.4, -0.2) is 12.1 Å². The molecule has 21 heavy (non-hydrogen) atoms. The van der Waals surface area contributed by atoms with Crippen molar-refractivity contribution in [2.24, 2.45) is 0 Å². The molecule has 1 fully saturated rings. The molecule has 1 N–H and O–H groups in total. The van der Waals surface area contributed by atoms with Gasteiger partial charge in [-0.2, -0.15) is 0 Å². The first-order valence-corrected chi connectivity index (χ1v) is 8.67. The Morgan fingerprint density at radius 2 is 2.00 bits per heavy atom. The molecule has 1 aromatic carbocycles. The minimum absolute atomic E-state index is 0.108. The van der Waals surface area contributed by atoms with Crippen LogP contribution in [0.3, 0.4) is 0 Å². The van der Waals surface area contributed by atoms with Gasteiger partial charge in [-0.25, -0.2) is 0 Å². The Hall–Kier alpha value is -1.02. The van der Waals surface area contributed by atoms with Crippen molar-refractivity contribution in [1.29, 1.82) is 0 Å². The van der Waals surface area contributed by atoms with E-state index in [1.54, 1.807) is 0 Å². The van der Waals surface area contributed by atoms with E-state index < -0.39 is 0 Å². The van der Waals surface area contributed by atoms with Crippen LogP contribution in [0.2, 0.25) is 0 Å². The Kier molecular flexibility index (Phi) is 4.26. The minimum atomic E-state index is 0.108. The van der Waals surface area contributed by atoms with E-state index in [0.29, 0.717) is 6.04 Å². The molecule has 1 spiro atoms. The molecular formula is C19H29NO. The Morgan fingerprint density at radius 3 is 2.71 bits per heavy atom. The Bertz CT molecular complexity index is 503. The number of ether oxygens (including phenoxy) is 1. The monoisotopic (exact) mass is 287 g/mol. The normalized spacial score (nSPS) is 23.1. The van der Waals surface area contributed by atoms with E-state index in [1.807, 2.05) is 0 Å². The average Bonchev–Trinajstić information content (AvgIpc) is 2.85. The van der Waals surface area contributed by atoms with Crippen LogP contribution in [0, 0.1) is 13.8 Å². The van der Waals surface area contributed by atoms with Gasteiger partial charge < -0.3 is 10.1 Å². The lowest BCUT2D eigenvalue weighted by Gasteiger charge is -2.41. The summed E-state index contributed by atoms with van der Waals surface area (Å²) in [5.74, 6) is 1.15. The molecule has 1 saturated carbocycles. The number of hydrogen-bond acceptors (Lipinski definition) is 2. The van der Waals surface area contributed by atoms with Gasteiger partial charge in [0.1, 0.15) is 11.4 Å². The second-order valence-electron chi connectivity index (χ2n) is 7.05. The van der Waals surface area contributed by atoms with Crippen molar-refractivity contribution < 1.29 is 4.74 Å². The van der Waals surface area contributed by atoms with Crippen LogP contribution in [0.1, 0.15) is 74.6 Å². The Labute approximate surface area is 129 Å². The maximum absolute atomic E-state index is 6.54. The van der Waals surface area contributed by atoms with E-state index in [4.69, 9.17) is 4.74 Å². The second-order valence-corrected chi connectivity index (χ2v) is 7.05. The fraction of sp³-hybridized carbons (Fsp3) is 0.684. The number of unbranched alkanes of at least 4 members (excludes halogenated alkanes) is 1. The van der Waals surface area contributed by atoms with Crippen molar-refractivity contribution >= 4 is 0 Å². The van der Waals surface area contributed by atoms with Crippen LogP contribution in [0.15, 0.2) is 12.1 Å². The smallest absolute Gasteiger partial charge is 0.125 e. The van der Waals surface area contributed by atoms with E-state index >= 15 is 0 Å². The van der Waals surface area contributed by atoms with E-state index in [-0.39, 0.29) is 5.60 Å². The lowest BCUT2D eigenvalue weighted by atomic mass is 9.83. The summed E-state index contributed by atoms with van der Waals surface area (Å²) in [7, 11) is 0. The maximum Gasteiger partial charge on any atom is 0.125 e. The molecule has 1 heterocycles. The molecule has 1 aliphatic heterocycles. The number of aryl methyl sites for hydroxylation is 2. The molecule has 0 aromatic heterocycles. The van der Waals surface area contributed by atoms with Gasteiger partial charge in [0.2, 0.25) is 0 Å². The lowest BCUT2D eigenvalue weighted by Crippen LogP contribution is -2.42. The molecule has 116 valence electrons. The Morgan fingerprint density at radius 1 is 1.24 bits per heavy atom. The third kappa shape index (κ3) is 2.96. The highest BCUT2D eigenvalue weighted by Gasteiger charge is 2.43. The van der Waals surface area contributed by atoms with Crippen LogP contribution in [0.25, 0.3) is 0 Å². The van der Waals surface area contributed by atoms with Crippen molar-refractivity contribution in [3.05, 3.63) is 28.8 Å². The molecule has 2 heteroatoms. The highest BCUT2D eigenvalue weighted by atomic mass is 16.5. The molecular weight excluding hydrogens is 258 g/mol. The minimum Gasteiger partial charge on any atom is -0.487 e. The van der Waals surface area contributed by atoms with Crippen LogP contribution in [0.5, 0.6) is 5.75 Å². The lowest BCUT2D eigenvalue weighted by molar-refractivity contribution is 0.0364. The SMILES string of the molecule is CCCCNC1CC2(CCCC2)Oc2cc(C)cc(C)c21. The highest BCUT2D eigenvalue weighted by Crippen LogP contribution is 2.48. The molecule has 0 saturated heterocycles. The van der Waals surface area contributed by atoms with Gasteiger partial charge in [-0.3, -0.25) is 0 Å². The molecule has 1 aliphatic carbocycles. The van der Waals surface area contributed by atoms with Crippen molar-refractivity contribution in [3.8, 4) is 5.75 Å². The largest absolute Gasteiger partial charge is 0.487 e. The predicted octanol–water partition coefficient (Wildman–Crippen LogP) is 4.83. The molecule has 2 nitrogen and oxygen atoms in total. The molecule has 1 unspecified atom stereocenters. The predicted molar refractivity (Wildman–Crippen MR) is 88.0 cm³/mol. The first-order chi connectivity index (χ1) is 10.1. The van der Waals surface area contributed by atoms with E-state index in [9.17, 15) is 0 Å². The highest BCUT2D eigenvalue weighted by molar-refractivity contribution is 5.47. The van der Waals surface area contributed by atoms with Gasteiger partial charge in [-0.15, -0.1) is 0 Å². The maximum atomic E-state index is 6.54. The molecule has 1 aromatic rings. The topological polar surface area (TPSA) is 21.3 Å². The van der Waals surface area contributed by atoms with Gasteiger partial charge >= 0.3 is 0 Å². The molecule has 0 amide bonds. The number of benzene rings is 1. The third-order valence-electron chi connectivity index (χ3n) is 5.18. The van der Waals surface area contributed by atoms with Gasteiger partial charge in [0.15, 0.2) is 0 Å². The summed E-state index contributed by atoms with van der Waals surface area (Å²) in [5, 5.41) is 3.81. The molecule has 0 bridgehead atoms. The summed E-state index contributed by atoms with van der Waals surface area (Å²) in [5.41, 5.74) is 4.21. The number of nitrogens with one attached hydrogen (secondary N) is 1. The zero-order valence-electron chi connectivity index (χ0n) is 13.8. The molecule has 1 atom stereocenters. The summed E-state index contributed by atoms with van der Waals surface area (Å²) >= 11 is 0. The summed E-state index contributed by atoms with van der Waals surface area (Å²) < 4.78 is 6.54. The van der Waals surface area contributed by atoms with E-state index in [1.165, 1.54) is 55.2 Å². The van der Waals surface area contributed by atoms with Crippen LogP contribution in [-0.2, 0) is 0 Å². The average molecular weight is 287 g/mol. The summed E-state index contributed by atoms with van der Waals surface area (Å²) in [6.07, 6.45) is 8.75. The van der Waals surface area contributed by atoms with Gasteiger partial charge in [0, 0.05) is 18.0 Å². The molecule has 3 rings (SSSR count). The van der Waals surface area contributed by atoms with Crippen LogP contribution in [0.4, 0.5) is 0 Å². The van der Waals surface area contributed by atoms with Crippen LogP contribution >= 0.6 is 0 Å². The van der Waals surface area contributed by atoms with Crippen molar-refractivity contribution in [1.82, 2.24) is 5.32 Å². The first kappa shape index (κ1) is 14.9. The van der Waals surface area contributed by atoms with Crippen LogP contribution < -0.4 is 10.1 Å². The zero-order valence-corrected chi connectivity index (χ0v) is 13.8. The van der Waals surface area contributed by atoms with Crippen molar-refractivity contribution in [3.63, 3.8) is 0 Å². The summed E-state index contributed by atoms with van der Waals surface area (Å²) in [6, 6.07) is 5.01. The fourth-order valence-corrected chi connectivity index (χ4v) is 4.17. The number of hydrogen-bond donors (Lipinski definition) is 1. The summed E-state index contributed by atoms with van der Waals surface area (Å²) in [4.78, 5) is 0. The van der Waals surface area contributed by atoms with Crippen molar-refractivity contribution in [2.75, 3.05) is 6.54 Å². The number of fused-ring (bicyclic) bond motifs is 1. The van der Waals surface area contributed by atoms with Gasteiger partial charge in [0.25, 0.3) is 0 Å². The first-order valence-electron chi connectivity index (χ1n) is 8.67. The van der Waals surface area contributed by atoms with Gasteiger partial charge in [-0.1, -0.05) is 19.4 Å². The quantitative estimate of drug-likeness (QED) is 0.801. The second kappa shape index (κ2) is 6.00. The fourth-order valence-electron chi connectivity index (χ4n) is 4.17. The number of rotatable bonds is 4. The standard InChI is InChI=1S/C19H29NO/c1-4-5-10-20-16-13-19(8-6-7-9-19)21-17-12-14(2)11-15(3)18(16)17/h11-12,16,20H,4-10,13H2,1-3H3. The summed E-state index contributed by atoms with van der Waals surface area (Å²) in [6.45, 7) is 7.78.